The van der Waals surface area contributed by atoms with E-state index in [0.29, 0.717) is 13.0 Å². The molecule has 1 rings (SSSR count). The van der Waals surface area contributed by atoms with E-state index in [9.17, 15) is 9.59 Å². The lowest BCUT2D eigenvalue weighted by molar-refractivity contribution is -0.146. The van der Waals surface area contributed by atoms with Crippen LogP contribution in [0.1, 0.15) is 39.0 Å². The molecule has 17 heavy (non-hydrogen) atoms. The number of carboxylic acids is 1. The third-order valence-corrected chi connectivity index (χ3v) is 3.68. The van der Waals surface area contributed by atoms with Crippen LogP contribution in [0.15, 0.2) is 0 Å². The van der Waals surface area contributed by atoms with E-state index in [1.807, 2.05) is 6.92 Å². The zero-order valence-corrected chi connectivity index (χ0v) is 10.5. The molecule has 0 spiro atoms. The minimum atomic E-state index is -0.999. The molecule has 1 unspecified atom stereocenters. The van der Waals surface area contributed by atoms with Crippen LogP contribution in [-0.4, -0.2) is 36.7 Å². The van der Waals surface area contributed by atoms with Gasteiger partial charge >= 0.3 is 5.97 Å². The first-order valence-corrected chi connectivity index (χ1v) is 6.08. The van der Waals surface area contributed by atoms with E-state index in [-0.39, 0.29) is 11.3 Å². The maximum absolute atomic E-state index is 12.0. The molecule has 0 aromatic heterocycles. The Morgan fingerprint density at radius 1 is 1.47 bits per heavy atom. The highest BCUT2D eigenvalue weighted by Gasteiger charge is 2.43. The van der Waals surface area contributed by atoms with Crippen LogP contribution in [0, 0.1) is 5.41 Å². The number of methoxy groups -OCH3 is 1. The summed E-state index contributed by atoms with van der Waals surface area (Å²) in [6, 6.07) is -0.841. The number of aliphatic carboxylic acids is 1. The van der Waals surface area contributed by atoms with E-state index in [1.165, 1.54) is 7.11 Å². The summed E-state index contributed by atoms with van der Waals surface area (Å²) < 4.78 is 4.84. The van der Waals surface area contributed by atoms with Gasteiger partial charge in [0.25, 0.3) is 0 Å². The van der Waals surface area contributed by atoms with Crippen molar-refractivity contribution in [2.75, 3.05) is 13.7 Å². The summed E-state index contributed by atoms with van der Waals surface area (Å²) in [4.78, 5) is 23.0. The number of hydrogen-bond acceptors (Lipinski definition) is 3. The van der Waals surface area contributed by atoms with Crippen LogP contribution < -0.4 is 5.32 Å². The molecule has 5 heteroatoms. The maximum atomic E-state index is 12.0. The van der Waals surface area contributed by atoms with Crippen LogP contribution in [0.3, 0.4) is 0 Å². The first kappa shape index (κ1) is 14.0. The Bertz CT molecular complexity index is 281. The number of hydrogen-bond donors (Lipinski definition) is 2. The van der Waals surface area contributed by atoms with Gasteiger partial charge in [-0.25, -0.2) is 4.79 Å². The van der Waals surface area contributed by atoms with Crippen molar-refractivity contribution in [3.63, 3.8) is 0 Å². The molecule has 1 atom stereocenters. The Hall–Kier alpha value is -1.10. The van der Waals surface area contributed by atoms with Gasteiger partial charge in [-0.2, -0.15) is 0 Å². The molecule has 1 aliphatic rings. The van der Waals surface area contributed by atoms with E-state index in [2.05, 4.69) is 5.32 Å². The number of carbonyl (C=O) groups excluding carboxylic acids is 1. The minimum Gasteiger partial charge on any atom is -0.480 e. The summed E-state index contributed by atoms with van der Waals surface area (Å²) in [5.74, 6) is -1.12. The summed E-state index contributed by atoms with van der Waals surface area (Å²) >= 11 is 0. The average molecular weight is 243 g/mol. The number of carbonyl (C=O) groups is 2. The van der Waals surface area contributed by atoms with Gasteiger partial charge < -0.3 is 15.2 Å². The first-order valence-electron chi connectivity index (χ1n) is 6.08. The second-order valence-corrected chi connectivity index (χ2v) is 4.63. The van der Waals surface area contributed by atoms with E-state index < -0.39 is 12.0 Å². The third-order valence-electron chi connectivity index (χ3n) is 3.68. The third kappa shape index (κ3) is 3.19. The standard InChI is InChI=1S/C12H21NO4/c1-3-12(6-4-7-12)11(16)13-9(10(14)15)5-8-17-2/h9H,3-8H2,1-2H3,(H,13,16)(H,14,15). The SMILES string of the molecule is CCC1(C(=O)NC(CCOC)C(=O)O)CCC1. The van der Waals surface area contributed by atoms with Gasteiger partial charge in [0.1, 0.15) is 6.04 Å². The molecule has 1 saturated carbocycles. The lowest BCUT2D eigenvalue weighted by atomic mass is 9.66. The van der Waals surface area contributed by atoms with E-state index >= 15 is 0 Å². The molecule has 0 aromatic carbocycles. The second kappa shape index (κ2) is 6.00. The summed E-state index contributed by atoms with van der Waals surface area (Å²) in [7, 11) is 1.51. The van der Waals surface area contributed by atoms with Crippen LogP contribution in [0.2, 0.25) is 0 Å². The number of rotatable bonds is 7. The van der Waals surface area contributed by atoms with Crippen molar-refractivity contribution in [3.8, 4) is 0 Å². The Morgan fingerprint density at radius 2 is 2.12 bits per heavy atom. The van der Waals surface area contributed by atoms with Crippen LogP contribution in [0.4, 0.5) is 0 Å². The first-order chi connectivity index (χ1) is 8.05. The highest BCUT2D eigenvalue weighted by Crippen LogP contribution is 2.43. The summed E-state index contributed by atoms with van der Waals surface area (Å²) in [5, 5.41) is 11.6. The number of carboxylic acid groups (broad SMARTS) is 1. The van der Waals surface area contributed by atoms with Crippen LogP contribution >= 0.6 is 0 Å². The molecule has 0 aromatic rings. The maximum Gasteiger partial charge on any atom is 0.326 e. The highest BCUT2D eigenvalue weighted by molar-refractivity contribution is 5.88. The molecule has 1 fully saturated rings. The minimum absolute atomic E-state index is 0.116. The quantitative estimate of drug-likeness (QED) is 0.704. The van der Waals surface area contributed by atoms with E-state index in [0.717, 1.165) is 25.7 Å². The van der Waals surface area contributed by atoms with Crippen molar-refractivity contribution in [3.05, 3.63) is 0 Å². The molecule has 2 N–H and O–H groups in total. The predicted molar refractivity (Wildman–Crippen MR) is 62.6 cm³/mol. The van der Waals surface area contributed by atoms with Crippen molar-refractivity contribution in [1.82, 2.24) is 5.32 Å². The largest absolute Gasteiger partial charge is 0.480 e. The monoisotopic (exact) mass is 243 g/mol. The van der Waals surface area contributed by atoms with Gasteiger partial charge in [-0.15, -0.1) is 0 Å². The van der Waals surface area contributed by atoms with Crippen molar-refractivity contribution in [1.29, 1.82) is 0 Å². The van der Waals surface area contributed by atoms with Gasteiger partial charge in [-0.3, -0.25) is 4.79 Å². The Balaban J connectivity index is 2.54. The number of nitrogens with one attached hydrogen (secondary N) is 1. The molecule has 0 heterocycles. The topological polar surface area (TPSA) is 75.6 Å². The van der Waals surface area contributed by atoms with Gasteiger partial charge in [-0.05, 0) is 19.3 Å². The summed E-state index contributed by atoms with van der Waals surface area (Å²) in [5.41, 5.74) is -0.319. The van der Waals surface area contributed by atoms with Gasteiger partial charge in [0, 0.05) is 25.6 Å². The van der Waals surface area contributed by atoms with Gasteiger partial charge in [-0.1, -0.05) is 13.3 Å². The molecule has 1 aliphatic carbocycles. The van der Waals surface area contributed by atoms with Gasteiger partial charge in [0.2, 0.25) is 5.91 Å². The second-order valence-electron chi connectivity index (χ2n) is 4.63. The fourth-order valence-electron chi connectivity index (χ4n) is 2.15. The molecular formula is C12H21NO4. The van der Waals surface area contributed by atoms with Crippen molar-refractivity contribution >= 4 is 11.9 Å². The molecule has 0 saturated heterocycles. The summed E-state index contributed by atoms with van der Waals surface area (Å²) in [6.07, 6.45) is 3.86. The smallest absolute Gasteiger partial charge is 0.326 e. The summed E-state index contributed by atoms with van der Waals surface area (Å²) in [6.45, 7) is 2.31. The van der Waals surface area contributed by atoms with Crippen molar-refractivity contribution in [2.45, 2.75) is 45.1 Å². The zero-order valence-electron chi connectivity index (χ0n) is 10.5. The van der Waals surface area contributed by atoms with E-state index in [4.69, 9.17) is 9.84 Å². The van der Waals surface area contributed by atoms with Crippen molar-refractivity contribution in [2.24, 2.45) is 5.41 Å². The number of ether oxygens (including phenoxy) is 1. The Labute approximate surface area is 102 Å². The van der Waals surface area contributed by atoms with Crippen LogP contribution in [0.25, 0.3) is 0 Å². The molecule has 98 valence electrons. The van der Waals surface area contributed by atoms with Crippen molar-refractivity contribution < 1.29 is 19.4 Å². The lowest BCUT2D eigenvalue weighted by Gasteiger charge is -2.40. The number of amides is 1. The van der Waals surface area contributed by atoms with Crippen LogP contribution in [-0.2, 0) is 14.3 Å². The van der Waals surface area contributed by atoms with Gasteiger partial charge in [0.15, 0.2) is 0 Å². The molecule has 1 amide bonds. The normalized spacial score (nSPS) is 19.2. The van der Waals surface area contributed by atoms with Gasteiger partial charge in [0.05, 0.1) is 0 Å². The fraction of sp³-hybridized carbons (Fsp3) is 0.833. The lowest BCUT2D eigenvalue weighted by Crippen LogP contribution is -2.51. The molecular weight excluding hydrogens is 222 g/mol. The Morgan fingerprint density at radius 3 is 2.47 bits per heavy atom. The Kier molecular flexibility index (Phi) is 4.93. The highest BCUT2D eigenvalue weighted by atomic mass is 16.5. The molecule has 0 radical (unpaired) electrons. The zero-order chi connectivity index (χ0) is 12.9. The molecule has 5 nitrogen and oxygen atoms in total. The predicted octanol–water partition coefficient (Wildman–Crippen LogP) is 1.17. The van der Waals surface area contributed by atoms with E-state index in [1.54, 1.807) is 0 Å². The average Bonchev–Trinajstić information content (AvgIpc) is 2.23. The molecule has 0 bridgehead atoms. The van der Waals surface area contributed by atoms with Crippen LogP contribution in [0.5, 0.6) is 0 Å². The molecule has 0 aliphatic heterocycles. The fourth-order valence-corrected chi connectivity index (χ4v) is 2.15.